The zero-order valence-corrected chi connectivity index (χ0v) is 17.6. The van der Waals surface area contributed by atoms with E-state index >= 15 is 0 Å². The Morgan fingerprint density at radius 3 is 2.29 bits per heavy atom. The highest BCUT2D eigenvalue weighted by Crippen LogP contribution is 2.18. The fourth-order valence-electron chi connectivity index (χ4n) is 2.89. The van der Waals surface area contributed by atoms with Crippen LogP contribution in [0.15, 0.2) is 11.6 Å². The van der Waals surface area contributed by atoms with Crippen molar-refractivity contribution in [1.29, 1.82) is 0 Å². The van der Waals surface area contributed by atoms with Gasteiger partial charge in [0.15, 0.2) is 0 Å². The van der Waals surface area contributed by atoms with Crippen molar-refractivity contribution in [3.63, 3.8) is 0 Å². The Kier molecular flexibility index (Phi) is 12.1. The van der Waals surface area contributed by atoms with Crippen molar-refractivity contribution in [2.45, 2.75) is 72.5 Å². The largest absolute Gasteiger partial charge is 0.490 e. The highest BCUT2D eigenvalue weighted by Gasteiger charge is 2.38. The Hall–Kier alpha value is -1.57. The van der Waals surface area contributed by atoms with Gasteiger partial charge in [0, 0.05) is 25.0 Å². The number of carbonyl (C=O) groups excluding carboxylic acids is 1. The van der Waals surface area contributed by atoms with Crippen molar-refractivity contribution in [1.82, 2.24) is 10.2 Å². The van der Waals surface area contributed by atoms with E-state index in [2.05, 4.69) is 37.1 Å². The lowest BCUT2D eigenvalue weighted by atomic mass is 9.96. The van der Waals surface area contributed by atoms with Crippen LogP contribution in [0.1, 0.15) is 60.3 Å². The summed E-state index contributed by atoms with van der Waals surface area (Å²) in [6.07, 6.45) is 1.96. The number of halogens is 3. The van der Waals surface area contributed by atoms with Gasteiger partial charge in [-0.15, -0.1) is 0 Å². The van der Waals surface area contributed by atoms with Gasteiger partial charge < -0.3 is 15.3 Å². The summed E-state index contributed by atoms with van der Waals surface area (Å²) in [4.78, 5) is 23.0. The number of carboxylic acid groups (broad SMARTS) is 1. The van der Waals surface area contributed by atoms with Gasteiger partial charge in [0.05, 0.1) is 0 Å². The molecule has 5 nitrogen and oxygen atoms in total. The van der Waals surface area contributed by atoms with Gasteiger partial charge in [0.2, 0.25) is 5.91 Å². The minimum atomic E-state index is -5.08. The monoisotopic (exact) mass is 408 g/mol. The van der Waals surface area contributed by atoms with E-state index in [-0.39, 0.29) is 5.92 Å². The Labute approximate surface area is 166 Å². The number of piperidine rings is 1. The summed E-state index contributed by atoms with van der Waals surface area (Å²) >= 11 is 0. The lowest BCUT2D eigenvalue weighted by Crippen LogP contribution is -2.45. The summed E-state index contributed by atoms with van der Waals surface area (Å²) in [5.74, 6) is -1.70. The number of carboxylic acids is 1. The number of aliphatic carboxylic acids is 1. The molecule has 0 spiro atoms. The predicted molar refractivity (Wildman–Crippen MR) is 104 cm³/mol. The highest BCUT2D eigenvalue weighted by molar-refractivity contribution is 5.78. The molecular weight excluding hydrogens is 373 g/mol. The molecule has 1 amide bonds. The van der Waals surface area contributed by atoms with Gasteiger partial charge in [-0.3, -0.25) is 4.79 Å². The molecule has 2 atom stereocenters. The normalized spacial score (nSPS) is 18.2. The molecule has 0 saturated carbocycles. The molecule has 1 aliphatic rings. The van der Waals surface area contributed by atoms with E-state index < -0.39 is 12.1 Å². The second kappa shape index (κ2) is 12.8. The summed E-state index contributed by atoms with van der Waals surface area (Å²) < 4.78 is 31.7. The zero-order valence-electron chi connectivity index (χ0n) is 17.6. The molecule has 28 heavy (non-hydrogen) atoms. The highest BCUT2D eigenvalue weighted by atomic mass is 19.4. The zero-order chi connectivity index (χ0) is 21.9. The number of rotatable bonds is 7. The van der Waals surface area contributed by atoms with Crippen LogP contribution in [0.25, 0.3) is 0 Å². The van der Waals surface area contributed by atoms with E-state index in [1.807, 2.05) is 13.8 Å². The maximum Gasteiger partial charge on any atom is 0.490 e. The van der Waals surface area contributed by atoms with E-state index in [1.54, 1.807) is 0 Å². The van der Waals surface area contributed by atoms with Crippen LogP contribution in [-0.4, -0.2) is 53.7 Å². The van der Waals surface area contributed by atoms with E-state index in [9.17, 15) is 18.0 Å². The quantitative estimate of drug-likeness (QED) is 0.618. The van der Waals surface area contributed by atoms with Crippen molar-refractivity contribution in [2.24, 2.45) is 11.8 Å². The number of likely N-dealkylation sites (tertiary alicyclic amines) is 1. The van der Waals surface area contributed by atoms with Crippen molar-refractivity contribution >= 4 is 11.9 Å². The first-order valence-electron chi connectivity index (χ1n) is 9.80. The molecule has 1 aliphatic heterocycles. The van der Waals surface area contributed by atoms with Crippen LogP contribution in [0.2, 0.25) is 0 Å². The van der Waals surface area contributed by atoms with Crippen LogP contribution >= 0.6 is 0 Å². The Morgan fingerprint density at radius 2 is 1.82 bits per heavy atom. The molecule has 0 aromatic carbocycles. The van der Waals surface area contributed by atoms with Gasteiger partial charge in [-0.05, 0) is 58.9 Å². The average Bonchev–Trinajstić information content (AvgIpc) is 2.58. The van der Waals surface area contributed by atoms with Crippen LogP contribution in [0, 0.1) is 11.8 Å². The molecule has 0 aromatic rings. The molecule has 2 unspecified atom stereocenters. The SMILES string of the molecule is CC(C)=CCCC(C)NCC1CCCN(C(=O)C(C)C)C1.O=C(O)C(F)(F)F. The van der Waals surface area contributed by atoms with Gasteiger partial charge in [-0.25, -0.2) is 4.79 Å². The second-order valence-corrected chi connectivity index (χ2v) is 7.92. The van der Waals surface area contributed by atoms with Crippen LogP contribution in [0.3, 0.4) is 0 Å². The van der Waals surface area contributed by atoms with Crippen molar-refractivity contribution < 1.29 is 27.9 Å². The fourth-order valence-corrected chi connectivity index (χ4v) is 2.89. The molecular formula is C20H35F3N2O3. The summed E-state index contributed by atoms with van der Waals surface area (Å²) in [6, 6.07) is 0.553. The number of alkyl halides is 3. The van der Waals surface area contributed by atoms with Crippen LogP contribution < -0.4 is 5.32 Å². The van der Waals surface area contributed by atoms with E-state index in [1.165, 1.54) is 18.4 Å². The number of nitrogens with one attached hydrogen (secondary N) is 1. The van der Waals surface area contributed by atoms with Crippen LogP contribution in [0.5, 0.6) is 0 Å². The van der Waals surface area contributed by atoms with Crippen LogP contribution in [-0.2, 0) is 9.59 Å². The molecule has 1 saturated heterocycles. The van der Waals surface area contributed by atoms with E-state index in [0.717, 1.165) is 32.5 Å². The summed E-state index contributed by atoms with van der Waals surface area (Å²) in [5, 5.41) is 10.8. The van der Waals surface area contributed by atoms with E-state index in [0.29, 0.717) is 17.9 Å². The number of allylic oxidation sites excluding steroid dienone is 2. The number of amides is 1. The van der Waals surface area contributed by atoms with Crippen molar-refractivity contribution in [3.8, 4) is 0 Å². The van der Waals surface area contributed by atoms with Crippen molar-refractivity contribution in [2.75, 3.05) is 19.6 Å². The predicted octanol–water partition coefficient (Wildman–Crippen LogP) is 4.24. The summed E-state index contributed by atoms with van der Waals surface area (Å²) in [5.41, 5.74) is 1.40. The molecule has 1 heterocycles. The maximum absolute atomic E-state index is 12.1. The minimum Gasteiger partial charge on any atom is -0.475 e. The molecule has 2 N–H and O–H groups in total. The topological polar surface area (TPSA) is 69.6 Å². The van der Waals surface area contributed by atoms with Gasteiger partial charge in [0.25, 0.3) is 0 Å². The Balaban J connectivity index is 0.000000887. The molecule has 1 fully saturated rings. The molecule has 0 aromatic heterocycles. The third-order valence-corrected chi connectivity index (χ3v) is 4.47. The molecule has 164 valence electrons. The molecule has 0 aliphatic carbocycles. The first-order valence-corrected chi connectivity index (χ1v) is 9.80. The standard InChI is InChI=1S/C18H34N2O.C2HF3O2/c1-14(2)8-6-9-16(5)19-12-17-10-7-11-20(13-17)18(21)15(3)4;3-2(4,5)1(6)7/h8,15-17,19H,6-7,9-13H2,1-5H3;(H,6,7). The van der Waals surface area contributed by atoms with Crippen molar-refractivity contribution in [3.05, 3.63) is 11.6 Å². The first-order chi connectivity index (χ1) is 12.8. The minimum absolute atomic E-state index is 0.125. The number of hydrogen-bond acceptors (Lipinski definition) is 3. The molecule has 0 bridgehead atoms. The fraction of sp³-hybridized carbons (Fsp3) is 0.800. The van der Waals surface area contributed by atoms with E-state index in [4.69, 9.17) is 9.90 Å². The van der Waals surface area contributed by atoms with Gasteiger partial charge in [0.1, 0.15) is 0 Å². The lowest BCUT2D eigenvalue weighted by Gasteiger charge is -2.34. The third-order valence-electron chi connectivity index (χ3n) is 4.47. The number of nitrogens with zero attached hydrogens (tertiary/aromatic N) is 1. The van der Waals surface area contributed by atoms with Gasteiger partial charge in [-0.1, -0.05) is 25.5 Å². The Bertz CT molecular complexity index is 515. The summed E-state index contributed by atoms with van der Waals surface area (Å²) in [6.45, 7) is 13.5. The van der Waals surface area contributed by atoms with Crippen LogP contribution in [0.4, 0.5) is 13.2 Å². The van der Waals surface area contributed by atoms with Gasteiger partial charge >= 0.3 is 12.1 Å². The molecule has 0 radical (unpaired) electrons. The summed E-state index contributed by atoms with van der Waals surface area (Å²) in [7, 11) is 0. The Morgan fingerprint density at radius 1 is 1.25 bits per heavy atom. The number of carbonyl (C=O) groups is 2. The third kappa shape index (κ3) is 12.0. The smallest absolute Gasteiger partial charge is 0.475 e. The molecule has 8 heteroatoms. The number of hydrogen-bond donors (Lipinski definition) is 2. The average molecular weight is 409 g/mol. The lowest BCUT2D eigenvalue weighted by molar-refractivity contribution is -0.192. The van der Waals surface area contributed by atoms with Gasteiger partial charge in [-0.2, -0.15) is 13.2 Å². The maximum atomic E-state index is 12.1. The second-order valence-electron chi connectivity index (χ2n) is 7.92. The molecule has 1 rings (SSSR count). The first kappa shape index (κ1) is 26.4.